The van der Waals surface area contributed by atoms with E-state index in [4.69, 9.17) is 16.3 Å². The largest absolute Gasteiger partial charge is 0.383 e. The molecule has 0 aliphatic carbocycles. The molecule has 0 aliphatic rings. The number of nitrogens with two attached hydrogens (primary N) is 1. The molecule has 0 atom stereocenters. The van der Waals surface area contributed by atoms with Crippen molar-refractivity contribution in [1.29, 1.82) is 10.5 Å². The molecule has 0 saturated carbocycles. The summed E-state index contributed by atoms with van der Waals surface area (Å²) in [4.78, 5) is 3.52. The number of nitrogen functional groups attached to an aromatic ring is 1. The van der Waals surface area contributed by atoms with Crippen LogP contribution in [0.3, 0.4) is 0 Å². The first-order valence-corrected chi connectivity index (χ1v) is 3.94. The van der Waals surface area contributed by atoms with Crippen molar-refractivity contribution in [2.75, 3.05) is 5.73 Å². The highest BCUT2D eigenvalue weighted by atomic mass is 19.3. The molecule has 1 heterocycles. The molecule has 0 bridgehead atoms. The van der Waals surface area contributed by atoms with E-state index in [2.05, 4.69) is 4.98 Å². The number of anilines is 1. The summed E-state index contributed by atoms with van der Waals surface area (Å²) in [5.74, 6) is -0.0579. The van der Waals surface area contributed by atoms with Gasteiger partial charge in [-0.15, -0.1) is 0 Å². The second-order valence-corrected chi connectivity index (χ2v) is 2.70. The maximum absolute atomic E-state index is 12.5. The molecule has 0 fully saturated rings. The number of pyridine rings is 1. The smallest absolute Gasteiger partial charge is 0.266 e. The van der Waals surface area contributed by atoms with Gasteiger partial charge in [0, 0.05) is 11.8 Å². The lowest BCUT2D eigenvalue weighted by Crippen LogP contribution is -2.04. The third kappa shape index (κ3) is 2.00. The Balaban J connectivity index is 3.43. The van der Waals surface area contributed by atoms with Crippen LogP contribution in [-0.4, -0.2) is 4.98 Å². The van der Waals surface area contributed by atoms with Gasteiger partial charge in [0.05, 0.1) is 23.6 Å². The number of nitrogens with zero attached hydrogens (tertiary/aromatic N) is 3. The third-order valence-electron chi connectivity index (χ3n) is 1.85. The van der Waals surface area contributed by atoms with Crippen LogP contribution in [0, 0.1) is 22.7 Å². The fourth-order valence-electron chi connectivity index (χ4n) is 1.14. The predicted octanol–water partition coefficient (Wildman–Crippen LogP) is 1.54. The van der Waals surface area contributed by atoms with Crippen molar-refractivity contribution in [3.05, 3.63) is 22.9 Å². The monoisotopic (exact) mass is 208 g/mol. The van der Waals surface area contributed by atoms with E-state index < -0.39 is 12.0 Å². The maximum Gasteiger partial charge on any atom is 0.266 e. The van der Waals surface area contributed by atoms with Crippen LogP contribution in [0.1, 0.15) is 23.1 Å². The van der Waals surface area contributed by atoms with Crippen LogP contribution >= 0.6 is 0 Å². The Kier molecular flexibility index (Phi) is 3.14. The Morgan fingerprint density at radius 3 is 2.60 bits per heavy atom. The molecule has 0 aromatic carbocycles. The van der Waals surface area contributed by atoms with Crippen LogP contribution in [0.4, 0.5) is 14.6 Å². The minimum absolute atomic E-state index is 0.0579. The fourth-order valence-corrected chi connectivity index (χ4v) is 1.14. The highest BCUT2D eigenvalue weighted by molar-refractivity contribution is 5.55. The normalized spacial score (nSPS) is 9.67. The van der Waals surface area contributed by atoms with E-state index in [1.807, 2.05) is 0 Å². The first-order valence-electron chi connectivity index (χ1n) is 3.94. The van der Waals surface area contributed by atoms with Crippen molar-refractivity contribution in [3.63, 3.8) is 0 Å². The van der Waals surface area contributed by atoms with Gasteiger partial charge >= 0.3 is 0 Å². The van der Waals surface area contributed by atoms with E-state index in [1.54, 1.807) is 12.1 Å². The minimum Gasteiger partial charge on any atom is -0.383 e. The number of alkyl halides is 2. The van der Waals surface area contributed by atoms with Crippen molar-refractivity contribution >= 4 is 5.82 Å². The predicted molar refractivity (Wildman–Crippen MR) is 47.6 cm³/mol. The number of hydrogen-bond acceptors (Lipinski definition) is 4. The fraction of sp³-hybridized carbons (Fsp3) is 0.222. The SMILES string of the molecule is N#CCc1c(N)ncc(C(F)F)c1C#N. The number of rotatable bonds is 2. The van der Waals surface area contributed by atoms with Crippen molar-refractivity contribution in [3.8, 4) is 12.1 Å². The number of hydrogen-bond donors (Lipinski definition) is 1. The first kappa shape index (κ1) is 10.9. The standard InChI is InChI=1S/C9H6F2N4/c10-8(11)7-4-15-9(14)5(1-2-12)6(7)3-13/h4,8H,1H2,(H2,14,15). The van der Waals surface area contributed by atoms with Crippen LogP contribution in [0.15, 0.2) is 6.20 Å². The molecule has 0 aliphatic heterocycles. The maximum atomic E-state index is 12.5. The van der Waals surface area contributed by atoms with Gasteiger partial charge in [-0.3, -0.25) is 0 Å². The summed E-state index contributed by atoms with van der Waals surface area (Å²) in [6, 6.07) is 3.37. The summed E-state index contributed by atoms with van der Waals surface area (Å²) in [5.41, 5.74) is 4.72. The van der Waals surface area contributed by atoms with Gasteiger partial charge in [-0.1, -0.05) is 0 Å². The van der Waals surface area contributed by atoms with E-state index in [-0.39, 0.29) is 23.4 Å². The van der Waals surface area contributed by atoms with Crippen molar-refractivity contribution < 1.29 is 8.78 Å². The highest BCUT2D eigenvalue weighted by Gasteiger charge is 2.18. The molecule has 6 heteroatoms. The molecule has 0 saturated heterocycles. The highest BCUT2D eigenvalue weighted by Crippen LogP contribution is 2.26. The number of aromatic nitrogens is 1. The molecule has 0 radical (unpaired) electrons. The Bertz CT molecular complexity index is 456. The summed E-state index contributed by atoms with van der Waals surface area (Å²) < 4.78 is 24.9. The van der Waals surface area contributed by atoms with Crippen molar-refractivity contribution in [2.24, 2.45) is 0 Å². The lowest BCUT2D eigenvalue weighted by molar-refractivity contribution is 0.150. The van der Waals surface area contributed by atoms with E-state index in [0.29, 0.717) is 0 Å². The van der Waals surface area contributed by atoms with Gasteiger partial charge in [0.2, 0.25) is 0 Å². The Labute approximate surface area is 84.6 Å². The van der Waals surface area contributed by atoms with E-state index in [9.17, 15) is 8.78 Å². The lowest BCUT2D eigenvalue weighted by atomic mass is 10.0. The molecular weight excluding hydrogens is 202 g/mol. The van der Waals surface area contributed by atoms with Gasteiger partial charge in [0.1, 0.15) is 11.9 Å². The topological polar surface area (TPSA) is 86.5 Å². The quantitative estimate of drug-likeness (QED) is 0.798. The van der Waals surface area contributed by atoms with Gasteiger partial charge in [0.25, 0.3) is 6.43 Å². The van der Waals surface area contributed by atoms with E-state index in [1.165, 1.54) is 0 Å². The van der Waals surface area contributed by atoms with Crippen molar-refractivity contribution in [1.82, 2.24) is 4.98 Å². The van der Waals surface area contributed by atoms with Gasteiger partial charge < -0.3 is 5.73 Å². The van der Waals surface area contributed by atoms with Gasteiger partial charge in [-0.05, 0) is 0 Å². The third-order valence-corrected chi connectivity index (χ3v) is 1.85. The van der Waals surface area contributed by atoms with Crippen LogP contribution < -0.4 is 5.73 Å². The molecule has 1 aromatic rings. The van der Waals surface area contributed by atoms with Crippen LogP contribution in [-0.2, 0) is 6.42 Å². The summed E-state index contributed by atoms with van der Waals surface area (Å²) >= 11 is 0. The zero-order chi connectivity index (χ0) is 11.4. The molecule has 0 unspecified atom stereocenters. The molecule has 15 heavy (non-hydrogen) atoms. The minimum atomic E-state index is -2.80. The molecular formula is C9H6F2N4. The van der Waals surface area contributed by atoms with Crippen LogP contribution in [0.25, 0.3) is 0 Å². The molecule has 1 aromatic heterocycles. The molecule has 4 nitrogen and oxygen atoms in total. The molecule has 2 N–H and O–H groups in total. The van der Waals surface area contributed by atoms with Gasteiger partial charge in [-0.2, -0.15) is 10.5 Å². The van der Waals surface area contributed by atoms with Crippen molar-refractivity contribution in [2.45, 2.75) is 12.8 Å². The van der Waals surface area contributed by atoms with Gasteiger partial charge in [0.15, 0.2) is 0 Å². The Morgan fingerprint density at radius 2 is 2.13 bits per heavy atom. The summed E-state index contributed by atoms with van der Waals surface area (Å²) in [6.07, 6.45) is -2.15. The molecule has 1 rings (SSSR count). The average Bonchev–Trinajstić information content (AvgIpc) is 2.20. The van der Waals surface area contributed by atoms with Crippen LogP contribution in [0.2, 0.25) is 0 Å². The van der Waals surface area contributed by atoms with E-state index >= 15 is 0 Å². The summed E-state index contributed by atoms with van der Waals surface area (Å²) in [7, 11) is 0. The second-order valence-electron chi connectivity index (χ2n) is 2.70. The lowest BCUT2D eigenvalue weighted by Gasteiger charge is -2.07. The molecule has 0 amide bonds. The average molecular weight is 208 g/mol. The molecule has 76 valence electrons. The summed E-state index contributed by atoms with van der Waals surface area (Å²) in [6.45, 7) is 0. The first-order chi connectivity index (χ1) is 7.11. The Morgan fingerprint density at radius 1 is 1.47 bits per heavy atom. The number of halogens is 2. The van der Waals surface area contributed by atoms with E-state index in [0.717, 1.165) is 6.20 Å². The number of nitriles is 2. The second kappa shape index (κ2) is 4.34. The van der Waals surface area contributed by atoms with Gasteiger partial charge in [-0.25, -0.2) is 13.8 Å². The van der Waals surface area contributed by atoms with Crippen LogP contribution in [0.5, 0.6) is 0 Å². The zero-order valence-electron chi connectivity index (χ0n) is 7.54. The molecule has 0 spiro atoms. The summed E-state index contributed by atoms with van der Waals surface area (Å²) in [5, 5.41) is 17.2. The Hall–Kier alpha value is -2.21. The zero-order valence-corrected chi connectivity index (χ0v) is 7.54.